The molecule has 1 saturated heterocycles. The van der Waals surface area contributed by atoms with E-state index in [-0.39, 0.29) is 6.03 Å². The third-order valence-electron chi connectivity index (χ3n) is 5.50. The van der Waals surface area contributed by atoms with Crippen molar-refractivity contribution in [1.29, 1.82) is 0 Å². The van der Waals surface area contributed by atoms with Crippen molar-refractivity contribution in [3.63, 3.8) is 0 Å². The molecule has 158 valence electrons. The Hall–Kier alpha value is -2.71. The Morgan fingerprint density at radius 1 is 1.23 bits per heavy atom. The summed E-state index contributed by atoms with van der Waals surface area (Å²) in [5.74, 6) is 1.35. The molecule has 4 rings (SSSR count). The lowest BCUT2D eigenvalue weighted by atomic mass is 9.99. The van der Waals surface area contributed by atoms with E-state index < -0.39 is 0 Å². The normalized spacial score (nSPS) is 17.1. The summed E-state index contributed by atoms with van der Waals surface area (Å²) in [4.78, 5) is 26.7. The van der Waals surface area contributed by atoms with Crippen LogP contribution in [0.5, 0.6) is 0 Å². The molecule has 0 aliphatic carbocycles. The summed E-state index contributed by atoms with van der Waals surface area (Å²) in [7, 11) is 4.13. The molecule has 2 N–H and O–H groups in total. The maximum atomic E-state index is 12.3. The molecule has 0 saturated carbocycles. The number of likely N-dealkylation sites (tertiary alicyclic amines) is 1. The van der Waals surface area contributed by atoms with Crippen LogP contribution in [0.1, 0.15) is 18.4 Å². The van der Waals surface area contributed by atoms with Gasteiger partial charge in [-0.3, -0.25) is 5.32 Å². The van der Waals surface area contributed by atoms with Crippen molar-refractivity contribution in [2.24, 2.45) is 5.92 Å². The average Bonchev–Trinajstić information content (AvgIpc) is 3.13. The molecule has 7 nitrogen and oxygen atoms in total. The summed E-state index contributed by atoms with van der Waals surface area (Å²) in [5.41, 5.74) is 3.08. The van der Waals surface area contributed by atoms with Crippen molar-refractivity contribution in [2.45, 2.75) is 19.8 Å². The topological polar surface area (TPSA) is 73.4 Å². The number of aryl methyl sites for hydroxylation is 1. The van der Waals surface area contributed by atoms with Gasteiger partial charge in [-0.15, -0.1) is 0 Å². The lowest BCUT2D eigenvalue weighted by Gasteiger charge is -2.29. The highest BCUT2D eigenvalue weighted by Gasteiger charge is 2.18. The van der Waals surface area contributed by atoms with E-state index in [1.807, 2.05) is 24.1 Å². The van der Waals surface area contributed by atoms with Gasteiger partial charge in [0.25, 0.3) is 0 Å². The number of benzene rings is 1. The Morgan fingerprint density at radius 2 is 2.03 bits per heavy atom. The molecule has 1 unspecified atom stereocenters. The van der Waals surface area contributed by atoms with Gasteiger partial charge in [-0.25, -0.2) is 14.8 Å². The van der Waals surface area contributed by atoms with E-state index in [0.29, 0.717) is 17.6 Å². The number of thiazole rings is 1. The second-order valence-electron chi connectivity index (χ2n) is 8.01. The number of amides is 2. The van der Waals surface area contributed by atoms with E-state index in [9.17, 15) is 4.79 Å². The molecule has 2 aromatic heterocycles. The molecular formula is C22H28N6OS. The molecule has 1 aliphatic heterocycles. The standard InChI is InChI=1S/C22H28N6OS/c1-15-6-8-17(9-7-15)28(3)19-11-10-18-20(25-19)30-22(24-18)26-21(29)23-13-16-5-4-12-27(2)14-16/h6-11,16H,4-5,12-14H2,1-3H3,(H2,23,24,26,29). The maximum Gasteiger partial charge on any atom is 0.321 e. The van der Waals surface area contributed by atoms with Crippen LogP contribution in [-0.2, 0) is 0 Å². The zero-order valence-electron chi connectivity index (χ0n) is 17.7. The number of urea groups is 1. The second kappa shape index (κ2) is 8.97. The van der Waals surface area contributed by atoms with Crippen LogP contribution in [0, 0.1) is 12.8 Å². The van der Waals surface area contributed by atoms with Gasteiger partial charge in [0.15, 0.2) is 5.13 Å². The molecule has 8 heteroatoms. The maximum absolute atomic E-state index is 12.3. The van der Waals surface area contributed by atoms with Crippen LogP contribution in [0.25, 0.3) is 10.3 Å². The quantitative estimate of drug-likeness (QED) is 0.641. The Morgan fingerprint density at radius 3 is 2.80 bits per heavy atom. The Labute approximate surface area is 181 Å². The van der Waals surface area contributed by atoms with Crippen LogP contribution in [0.4, 0.5) is 21.4 Å². The summed E-state index contributed by atoms with van der Waals surface area (Å²) >= 11 is 1.39. The second-order valence-corrected chi connectivity index (χ2v) is 8.99. The molecule has 30 heavy (non-hydrogen) atoms. The number of carbonyl (C=O) groups is 1. The number of piperidine rings is 1. The number of hydrogen-bond acceptors (Lipinski definition) is 6. The summed E-state index contributed by atoms with van der Waals surface area (Å²) in [6.07, 6.45) is 2.35. The molecule has 3 heterocycles. The molecule has 1 fully saturated rings. The van der Waals surface area contributed by atoms with Crippen molar-refractivity contribution < 1.29 is 4.79 Å². The van der Waals surface area contributed by atoms with Crippen LogP contribution >= 0.6 is 11.3 Å². The van der Waals surface area contributed by atoms with Gasteiger partial charge in [0.1, 0.15) is 16.2 Å². The Balaban J connectivity index is 1.39. The number of nitrogens with one attached hydrogen (secondary N) is 2. The predicted molar refractivity (Wildman–Crippen MR) is 124 cm³/mol. The van der Waals surface area contributed by atoms with Crippen molar-refractivity contribution in [3.8, 4) is 0 Å². The molecule has 2 amide bonds. The van der Waals surface area contributed by atoms with Gasteiger partial charge >= 0.3 is 6.03 Å². The summed E-state index contributed by atoms with van der Waals surface area (Å²) in [6, 6.07) is 12.0. The number of fused-ring (bicyclic) bond motifs is 1. The minimum Gasteiger partial charge on any atom is -0.337 e. The van der Waals surface area contributed by atoms with Crippen molar-refractivity contribution in [2.75, 3.05) is 43.9 Å². The number of pyridine rings is 1. The molecule has 3 aromatic rings. The first-order chi connectivity index (χ1) is 14.5. The van der Waals surface area contributed by atoms with E-state index >= 15 is 0 Å². The fourth-order valence-electron chi connectivity index (χ4n) is 3.77. The molecule has 1 atom stereocenters. The number of nitrogens with zero attached hydrogens (tertiary/aromatic N) is 4. The Bertz CT molecular complexity index is 1020. The smallest absolute Gasteiger partial charge is 0.321 e. The minimum absolute atomic E-state index is 0.209. The van der Waals surface area contributed by atoms with E-state index in [0.717, 1.165) is 41.4 Å². The van der Waals surface area contributed by atoms with Crippen LogP contribution in [-0.4, -0.2) is 54.6 Å². The van der Waals surface area contributed by atoms with Crippen molar-refractivity contribution in [3.05, 3.63) is 42.0 Å². The molecular weight excluding hydrogens is 396 g/mol. The predicted octanol–water partition coefficient (Wildman–Crippen LogP) is 4.23. The van der Waals surface area contributed by atoms with Gasteiger partial charge in [0.2, 0.25) is 0 Å². The van der Waals surface area contributed by atoms with E-state index in [1.54, 1.807) is 0 Å². The summed E-state index contributed by atoms with van der Waals surface area (Å²) in [5, 5.41) is 6.40. The van der Waals surface area contributed by atoms with E-state index in [4.69, 9.17) is 4.98 Å². The zero-order chi connectivity index (χ0) is 21.1. The van der Waals surface area contributed by atoms with Crippen LogP contribution < -0.4 is 15.5 Å². The summed E-state index contributed by atoms with van der Waals surface area (Å²) < 4.78 is 0. The molecule has 0 spiro atoms. The number of aromatic nitrogens is 2. The van der Waals surface area contributed by atoms with Gasteiger partial charge in [0, 0.05) is 25.8 Å². The highest BCUT2D eigenvalue weighted by Crippen LogP contribution is 2.29. The van der Waals surface area contributed by atoms with Gasteiger partial charge in [-0.05, 0) is 63.5 Å². The minimum atomic E-state index is -0.209. The monoisotopic (exact) mass is 424 g/mol. The molecule has 0 radical (unpaired) electrons. The van der Waals surface area contributed by atoms with Crippen molar-refractivity contribution >= 4 is 44.4 Å². The lowest BCUT2D eigenvalue weighted by Crippen LogP contribution is -2.40. The van der Waals surface area contributed by atoms with Gasteiger partial charge in [-0.1, -0.05) is 29.0 Å². The highest BCUT2D eigenvalue weighted by atomic mass is 32.1. The first-order valence-corrected chi connectivity index (χ1v) is 11.1. The van der Waals surface area contributed by atoms with Gasteiger partial charge in [-0.2, -0.15) is 0 Å². The van der Waals surface area contributed by atoms with Crippen LogP contribution in [0.15, 0.2) is 36.4 Å². The van der Waals surface area contributed by atoms with Crippen LogP contribution in [0.2, 0.25) is 0 Å². The number of carbonyl (C=O) groups excluding carboxylic acids is 1. The van der Waals surface area contributed by atoms with Crippen LogP contribution in [0.3, 0.4) is 0 Å². The Kier molecular flexibility index (Phi) is 6.15. The van der Waals surface area contributed by atoms with Gasteiger partial charge in [0.05, 0.1) is 0 Å². The fraction of sp³-hybridized carbons (Fsp3) is 0.409. The third kappa shape index (κ3) is 4.88. The molecule has 0 bridgehead atoms. The largest absolute Gasteiger partial charge is 0.337 e. The first kappa shape index (κ1) is 20.6. The number of hydrogen-bond donors (Lipinski definition) is 2. The highest BCUT2D eigenvalue weighted by molar-refractivity contribution is 7.22. The number of rotatable bonds is 5. The molecule has 1 aromatic carbocycles. The van der Waals surface area contributed by atoms with E-state index in [2.05, 4.69) is 58.8 Å². The average molecular weight is 425 g/mol. The van der Waals surface area contributed by atoms with Crippen molar-refractivity contribution in [1.82, 2.24) is 20.2 Å². The third-order valence-corrected chi connectivity index (χ3v) is 6.38. The van der Waals surface area contributed by atoms with E-state index in [1.165, 1.54) is 23.3 Å². The first-order valence-electron chi connectivity index (χ1n) is 10.3. The molecule has 1 aliphatic rings. The zero-order valence-corrected chi connectivity index (χ0v) is 18.5. The number of anilines is 3. The van der Waals surface area contributed by atoms with Gasteiger partial charge < -0.3 is 15.1 Å². The summed E-state index contributed by atoms with van der Waals surface area (Å²) in [6.45, 7) is 4.93. The SMILES string of the molecule is Cc1ccc(N(C)c2ccc3nc(NC(=O)NCC4CCCN(C)C4)sc3n2)cc1. The fourth-order valence-corrected chi connectivity index (χ4v) is 4.59. The lowest BCUT2D eigenvalue weighted by molar-refractivity contribution is 0.204.